The Morgan fingerprint density at radius 3 is 2.67 bits per heavy atom. The molecule has 1 rings (SSSR count). The fraction of sp³-hybridized carbons (Fsp3) is 0.100. The van der Waals surface area contributed by atoms with Gasteiger partial charge in [0, 0.05) is 11.6 Å². The monoisotopic (exact) mass is 225 g/mol. The molecule has 0 aliphatic carbocycles. The summed E-state index contributed by atoms with van der Waals surface area (Å²) in [4.78, 5) is 10.3. The number of nitrogens with one attached hydrogen (secondary N) is 1. The number of allylic oxidation sites excluding steroid dienone is 1. The van der Waals surface area contributed by atoms with Crippen molar-refractivity contribution in [1.82, 2.24) is 5.32 Å². The molecule has 1 aromatic carbocycles. The molecule has 5 heteroatoms. The highest BCUT2D eigenvalue weighted by atomic mass is 35.5. The van der Waals surface area contributed by atoms with Crippen molar-refractivity contribution in [3.63, 3.8) is 0 Å². The van der Waals surface area contributed by atoms with Crippen molar-refractivity contribution in [2.75, 3.05) is 0 Å². The molecular weight excluding hydrogens is 214 g/mol. The van der Waals surface area contributed by atoms with Crippen LogP contribution in [-0.2, 0) is 11.3 Å². The van der Waals surface area contributed by atoms with E-state index < -0.39 is 0 Å². The number of hydrogen-bond acceptors (Lipinski definition) is 4. The SMILES string of the molecule is N/C(C=O)=C(/N)NCc1ccccc1Cl. The van der Waals surface area contributed by atoms with Crippen molar-refractivity contribution in [2.24, 2.45) is 11.5 Å². The zero-order valence-electron chi connectivity index (χ0n) is 8.03. The average molecular weight is 226 g/mol. The van der Waals surface area contributed by atoms with E-state index in [1.54, 1.807) is 6.07 Å². The summed E-state index contributed by atoms with van der Waals surface area (Å²) < 4.78 is 0. The maximum atomic E-state index is 10.3. The predicted octanol–water partition coefficient (Wildman–Crippen LogP) is 0.715. The summed E-state index contributed by atoms with van der Waals surface area (Å²) in [6.45, 7) is 0.431. The van der Waals surface area contributed by atoms with Crippen LogP contribution >= 0.6 is 11.6 Å². The number of nitrogens with two attached hydrogens (primary N) is 2. The van der Waals surface area contributed by atoms with E-state index in [2.05, 4.69) is 5.32 Å². The number of aldehydes is 1. The third-order valence-electron chi connectivity index (χ3n) is 1.87. The van der Waals surface area contributed by atoms with Crippen LogP contribution in [-0.4, -0.2) is 6.29 Å². The van der Waals surface area contributed by atoms with Gasteiger partial charge < -0.3 is 16.8 Å². The first-order valence-electron chi connectivity index (χ1n) is 4.33. The van der Waals surface area contributed by atoms with Crippen molar-refractivity contribution in [2.45, 2.75) is 6.54 Å². The van der Waals surface area contributed by atoms with Gasteiger partial charge in [0.2, 0.25) is 0 Å². The highest BCUT2D eigenvalue weighted by Gasteiger charge is 2.00. The van der Waals surface area contributed by atoms with E-state index in [4.69, 9.17) is 23.1 Å². The standard InChI is InChI=1S/C10H12ClN3O/c11-8-4-2-1-3-7(8)5-14-10(13)9(12)6-15/h1-4,6,14H,5,12-13H2/b10-9-. The Labute approximate surface area is 92.9 Å². The van der Waals surface area contributed by atoms with E-state index in [0.29, 0.717) is 17.9 Å². The molecule has 0 aliphatic rings. The van der Waals surface area contributed by atoms with E-state index in [-0.39, 0.29) is 11.5 Å². The van der Waals surface area contributed by atoms with Crippen LogP contribution in [0.5, 0.6) is 0 Å². The maximum Gasteiger partial charge on any atom is 0.169 e. The van der Waals surface area contributed by atoms with E-state index >= 15 is 0 Å². The minimum atomic E-state index is -0.0120. The fourth-order valence-corrected chi connectivity index (χ4v) is 1.20. The van der Waals surface area contributed by atoms with Gasteiger partial charge in [-0.15, -0.1) is 0 Å². The van der Waals surface area contributed by atoms with Gasteiger partial charge in [-0.1, -0.05) is 29.8 Å². The molecule has 0 aliphatic heterocycles. The lowest BCUT2D eigenvalue weighted by molar-refractivity contribution is -0.105. The second-order valence-electron chi connectivity index (χ2n) is 2.93. The summed E-state index contributed by atoms with van der Waals surface area (Å²) in [6, 6.07) is 7.35. The van der Waals surface area contributed by atoms with E-state index in [9.17, 15) is 4.79 Å². The van der Waals surface area contributed by atoms with Crippen LogP contribution in [0.4, 0.5) is 0 Å². The Balaban J connectivity index is 2.66. The molecule has 0 saturated carbocycles. The summed E-state index contributed by atoms with van der Waals surface area (Å²) in [6.07, 6.45) is 0.495. The Kier molecular flexibility index (Phi) is 4.00. The molecule has 15 heavy (non-hydrogen) atoms. The minimum Gasteiger partial charge on any atom is -0.393 e. The van der Waals surface area contributed by atoms with E-state index in [0.717, 1.165) is 5.56 Å². The van der Waals surface area contributed by atoms with Gasteiger partial charge >= 0.3 is 0 Å². The van der Waals surface area contributed by atoms with Gasteiger partial charge in [-0.2, -0.15) is 0 Å². The van der Waals surface area contributed by atoms with Crippen molar-refractivity contribution in [3.05, 3.63) is 46.4 Å². The number of hydrogen-bond donors (Lipinski definition) is 3. The summed E-state index contributed by atoms with van der Waals surface area (Å²) in [5.41, 5.74) is 11.7. The molecule has 5 N–H and O–H groups in total. The Bertz CT molecular complexity index is 390. The number of halogens is 1. The molecule has 0 radical (unpaired) electrons. The van der Waals surface area contributed by atoms with Gasteiger partial charge in [-0.25, -0.2) is 0 Å². The molecule has 0 saturated heterocycles. The fourth-order valence-electron chi connectivity index (χ4n) is 0.998. The van der Waals surface area contributed by atoms with Crippen molar-refractivity contribution in [3.8, 4) is 0 Å². The van der Waals surface area contributed by atoms with Gasteiger partial charge in [0.1, 0.15) is 11.5 Å². The molecule has 80 valence electrons. The third kappa shape index (κ3) is 3.18. The molecule has 0 amide bonds. The molecule has 0 aromatic heterocycles. The molecule has 4 nitrogen and oxygen atoms in total. The van der Waals surface area contributed by atoms with E-state index in [1.165, 1.54) is 0 Å². The Morgan fingerprint density at radius 1 is 1.40 bits per heavy atom. The number of rotatable bonds is 4. The zero-order chi connectivity index (χ0) is 11.3. The molecule has 0 atom stereocenters. The summed E-state index contributed by atoms with van der Waals surface area (Å²) in [5.74, 6) is 0.157. The van der Waals surface area contributed by atoms with Crippen LogP contribution in [0.2, 0.25) is 5.02 Å². The average Bonchev–Trinajstić information content (AvgIpc) is 2.26. The predicted molar refractivity (Wildman–Crippen MR) is 59.8 cm³/mol. The Hall–Kier alpha value is -1.68. The maximum absolute atomic E-state index is 10.3. The van der Waals surface area contributed by atoms with Crippen LogP contribution in [0.15, 0.2) is 35.8 Å². The lowest BCUT2D eigenvalue weighted by Crippen LogP contribution is -2.25. The topological polar surface area (TPSA) is 81.1 Å². The molecular formula is C10H12ClN3O. The van der Waals surface area contributed by atoms with Gasteiger partial charge in [-0.05, 0) is 11.6 Å². The van der Waals surface area contributed by atoms with E-state index in [1.807, 2.05) is 18.2 Å². The first-order valence-corrected chi connectivity index (χ1v) is 4.70. The van der Waals surface area contributed by atoms with Gasteiger partial charge in [0.25, 0.3) is 0 Å². The van der Waals surface area contributed by atoms with Gasteiger partial charge in [-0.3, -0.25) is 4.79 Å². The molecule has 0 fully saturated rings. The smallest absolute Gasteiger partial charge is 0.169 e. The zero-order valence-corrected chi connectivity index (χ0v) is 8.79. The summed E-state index contributed by atoms with van der Waals surface area (Å²) >= 11 is 5.92. The molecule has 1 aromatic rings. The van der Waals surface area contributed by atoms with Crippen LogP contribution in [0.3, 0.4) is 0 Å². The highest BCUT2D eigenvalue weighted by molar-refractivity contribution is 6.31. The molecule has 0 spiro atoms. The van der Waals surface area contributed by atoms with Crippen molar-refractivity contribution in [1.29, 1.82) is 0 Å². The second kappa shape index (κ2) is 5.26. The van der Waals surface area contributed by atoms with Crippen molar-refractivity contribution < 1.29 is 4.79 Å². The largest absolute Gasteiger partial charge is 0.393 e. The Morgan fingerprint density at radius 2 is 2.07 bits per heavy atom. The normalized spacial score (nSPS) is 11.8. The highest BCUT2D eigenvalue weighted by Crippen LogP contribution is 2.14. The lowest BCUT2D eigenvalue weighted by atomic mass is 10.2. The number of benzene rings is 1. The molecule has 0 unspecified atom stereocenters. The second-order valence-corrected chi connectivity index (χ2v) is 3.34. The van der Waals surface area contributed by atoms with Crippen LogP contribution in [0.1, 0.15) is 5.56 Å². The van der Waals surface area contributed by atoms with Crippen LogP contribution < -0.4 is 16.8 Å². The minimum absolute atomic E-state index is 0.0120. The first-order chi connectivity index (χ1) is 7.15. The third-order valence-corrected chi connectivity index (χ3v) is 2.23. The first kappa shape index (κ1) is 11.4. The summed E-state index contributed by atoms with van der Waals surface area (Å²) in [7, 11) is 0. The number of carbonyl (C=O) groups excluding carboxylic acids is 1. The molecule has 0 heterocycles. The molecule has 0 bridgehead atoms. The van der Waals surface area contributed by atoms with Crippen LogP contribution in [0, 0.1) is 0 Å². The number of carbonyl (C=O) groups is 1. The van der Waals surface area contributed by atoms with Gasteiger partial charge in [0.15, 0.2) is 6.29 Å². The quantitative estimate of drug-likeness (QED) is 0.521. The van der Waals surface area contributed by atoms with Crippen molar-refractivity contribution >= 4 is 17.9 Å². The van der Waals surface area contributed by atoms with Crippen LogP contribution in [0.25, 0.3) is 0 Å². The lowest BCUT2D eigenvalue weighted by Gasteiger charge is -2.08. The summed E-state index contributed by atoms with van der Waals surface area (Å²) in [5, 5.41) is 3.45. The van der Waals surface area contributed by atoms with Gasteiger partial charge in [0.05, 0.1) is 0 Å².